The van der Waals surface area contributed by atoms with Gasteiger partial charge in [0.25, 0.3) is 0 Å². The highest BCUT2D eigenvalue weighted by atomic mass is 16.5. The lowest BCUT2D eigenvalue weighted by atomic mass is 9.75. The van der Waals surface area contributed by atoms with Crippen LogP contribution in [0.5, 0.6) is 0 Å². The van der Waals surface area contributed by atoms with E-state index in [2.05, 4.69) is 11.2 Å². The molecule has 1 saturated carbocycles. The maximum absolute atomic E-state index is 12.1. The smallest absolute Gasteiger partial charge is 0.149 e. The van der Waals surface area contributed by atoms with Crippen LogP contribution in [-0.2, 0) is 9.53 Å². The Morgan fingerprint density at radius 2 is 2.17 bits per heavy atom. The van der Waals surface area contributed by atoms with Gasteiger partial charge in [-0.1, -0.05) is 25.2 Å². The van der Waals surface area contributed by atoms with Gasteiger partial charge in [0, 0.05) is 12.5 Å². The molecule has 1 atom stereocenters. The van der Waals surface area contributed by atoms with Crippen LogP contribution in [0.15, 0.2) is 0 Å². The minimum Gasteiger partial charge on any atom is -0.375 e. The highest BCUT2D eigenvalue weighted by Gasteiger charge is 2.40. The Kier molecular flexibility index (Phi) is 4.79. The molecule has 0 radical (unpaired) electrons. The minimum absolute atomic E-state index is 0.0168. The number of carbonyl (C=O) groups excluding carboxylic acids is 1. The van der Waals surface area contributed by atoms with Gasteiger partial charge >= 0.3 is 0 Å². The Labute approximate surface area is 110 Å². The van der Waals surface area contributed by atoms with Gasteiger partial charge in [-0.15, -0.1) is 6.42 Å². The third-order valence-corrected chi connectivity index (χ3v) is 4.24. The summed E-state index contributed by atoms with van der Waals surface area (Å²) in [6, 6.07) is 0. The summed E-state index contributed by atoms with van der Waals surface area (Å²) in [6.07, 6.45) is 13.0. The number of hydrogen-bond acceptors (Lipinski definition) is 3. The van der Waals surface area contributed by atoms with Gasteiger partial charge in [0.1, 0.15) is 5.78 Å². The van der Waals surface area contributed by atoms with E-state index in [-0.39, 0.29) is 11.5 Å². The lowest BCUT2D eigenvalue weighted by Gasteiger charge is -2.43. The zero-order valence-corrected chi connectivity index (χ0v) is 11.0. The van der Waals surface area contributed by atoms with Gasteiger partial charge in [-0.3, -0.25) is 10.1 Å². The molecule has 3 heteroatoms. The maximum atomic E-state index is 12.1. The van der Waals surface area contributed by atoms with Crippen LogP contribution >= 0.6 is 0 Å². The van der Waals surface area contributed by atoms with Crippen molar-refractivity contribution < 1.29 is 9.53 Å². The molecule has 0 aromatic heterocycles. The summed E-state index contributed by atoms with van der Waals surface area (Å²) in [4.78, 5) is 12.1. The largest absolute Gasteiger partial charge is 0.375 e. The van der Waals surface area contributed by atoms with Gasteiger partial charge in [0.2, 0.25) is 0 Å². The number of hydrogen-bond donors (Lipinski definition) is 1. The first-order valence-electron chi connectivity index (χ1n) is 7.07. The predicted octanol–water partition coefficient (Wildman–Crippen LogP) is 1.91. The average Bonchev–Trinajstić information content (AvgIpc) is 2.40. The molecule has 0 aromatic rings. The Hall–Kier alpha value is -0.850. The third-order valence-electron chi connectivity index (χ3n) is 4.24. The molecule has 1 aliphatic carbocycles. The average molecular weight is 249 g/mol. The molecule has 1 spiro atoms. The van der Waals surface area contributed by atoms with E-state index in [9.17, 15) is 4.79 Å². The van der Waals surface area contributed by atoms with E-state index >= 15 is 0 Å². The van der Waals surface area contributed by atoms with Crippen LogP contribution in [0.4, 0.5) is 0 Å². The molecule has 18 heavy (non-hydrogen) atoms. The number of Topliss-reactive ketones (excluding diaryl/α,β-unsaturated/α-hetero) is 1. The van der Waals surface area contributed by atoms with Crippen molar-refractivity contribution in [3.05, 3.63) is 0 Å². The van der Waals surface area contributed by atoms with Crippen LogP contribution in [0.25, 0.3) is 0 Å². The van der Waals surface area contributed by atoms with Crippen LogP contribution in [0, 0.1) is 18.3 Å². The van der Waals surface area contributed by atoms with E-state index in [1.807, 2.05) is 0 Å². The van der Waals surface area contributed by atoms with E-state index in [1.165, 1.54) is 19.3 Å². The van der Waals surface area contributed by atoms with Gasteiger partial charge < -0.3 is 4.74 Å². The minimum atomic E-state index is 0.0168. The first-order chi connectivity index (χ1) is 8.76. The number of rotatable bonds is 4. The zero-order chi connectivity index (χ0) is 12.8. The summed E-state index contributed by atoms with van der Waals surface area (Å²) in [5, 5.41) is 3.00. The van der Waals surface area contributed by atoms with Crippen LogP contribution in [0.2, 0.25) is 0 Å². The summed E-state index contributed by atoms with van der Waals surface area (Å²) >= 11 is 0. The first kappa shape index (κ1) is 13.6. The summed E-state index contributed by atoms with van der Waals surface area (Å²) in [7, 11) is 0. The number of carbonyl (C=O) groups is 1. The maximum Gasteiger partial charge on any atom is 0.149 e. The molecule has 100 valence electrons. The van der Waals surface area contributed by atoms with E-state index in [4.69, 9.17) is 11.2 Å². The van der Waals surface area contributed by atoms with E-state index in [0.717, 1.165) is 32.3 Å². The molecule has 0 amide bonds. The van der Waals surface area contributed by atoms with E-state index < -0.39 is 0 Å². The van der Waals surface area contributed by atoms with Crippen molar-refractivity contribution in [1.29, 1.82) is 0 Å². The van der Waals surface area contributed by atoms with Gasteiger partial charge in [0.05, 0.1) is 18.7 Å². The fourth-order valence-electron chi connectivity index (χ4n) is 3.25. The highest BCUT2D eigenvalue weighted by Crippen LogP contribution is 2.40. The second kappa shape index (κ2) is 6.36. The highest BCUT2D eigenvalue weighted by molar-refractivity contribution is 5.83. The fourth-order valence-corrected chi connectivity index (χ4v) is 3.25. The van der Waals surface area contributed by atoms with Gasteiger partial charge in [-0.2, -0.15) is 0 Å². The second-order valence-corrected chi connectivity index (χ2v) is 5.56. The standard InChI is InChI=1S/C15H23NO2/c1-2-9-16-12-14(17)13-6-10-18-15(11-13)7-4-3-5-8-15/h1,13,16H,3-12H2. The van der Waals surface area contributed by atoms with Crippen LogP contribution in [0.1, 0.15) is 44.9 Å². The monoisotopic (exact) mass is 249 g/mol. The van der Waals surface area contributed by atoms with Crippen molar-refractivity contribution in [3.8, 4) is 12.3 Å². The molecule has 1 N–H and O–H groups in total. The molecule has 2 fully saturated rings. The normalized spacial score (nSPS) is 26.7. The molecule has 3 nitrogen and oxygen atoms in total. The summed E-state index contributed by atoms with van der Waals surface area (Å²) in [6.45, 7) is 1.62. The topological polar surface area (TPSA) is 38.3 Å². The molecule has 1 heterocycles. The van der Waals surface area contributed by atoms with Crippen LogP contribution in [-0.4, -0.2) is 31.1 Å². The van der Waals surface area contributed by atoms with Crippen molar-refractivity contribution >= 4 is 5.78 Å². The summed E-state index contributed by atoms with van der Waals surface area (Å²) < 4.78 is 6.01. The molecule has 2 aliphatic rings. The predicted molar refractivity (Wildman–Crippen MR) is 71.2 cm³/mol. The lowest BCUT2D eigenvalue weighted by Crippen LogP contribution is -2.44. The lowest BCUT2D eigenvalue weighted by molar-refractivity contribution is -0.142. The number of ketones is 1. The van der Waals surface area contributed by atoms with Crippen LogP contribution in [0.3, 0.4) is 0 Å². The van der Waals surface area contributed by atoms with Gasteiger partial charge in [-0.05, 0) is 25.7 Å². The quantitative estimate of drug-likeness (QED) is 0.611. The Bertz CT molecular complexity index is 320. The first-order valence-corrected chi connectivity index (χ1v) is 7.07. The Morgan fingerprint density at radius 3 is 2.89 bits per heavy atom. The molecular formula is C15H23NO2. The van der Waals surface area contributed by atoms with Crippen LogP contribution < -0.4 is 5.32 Å². The second-order valence-electron chi connectivity index (χ2n) is 5.56. The van der Waals surface area contributed by atoms with Crippen molar-refractivity contribution in [3.63, 3.8) is 0 Å². The third kappa shape index (κ3) is 3.34. The molecule has 1 aliphatic heterocycles. The van der Waals surface area contributed by atoms with Gasteiger partial charge in [0.15, 0.2) is 0 Å². The van der Waals surface area contributed by atoms with Gasteiger partial charge in [-0.25, -0.2) is 0 Å². The van der Waals surface area contributed by atoms with Crippen molar-refractivity contribution in [2.75, 3.05) is 19.7 Å². The zero-order valence-electron chi connectivity index (χ0n) is 11.0. The summed E-state index contributed by atoms with van der Waals surface area (Å²) in [5.74, 6) is 2.97. The molecule has 0 bridgehead atoms. The van der Waals surface area contributed by atoms with E-state index in [1.54, 1.807) is 0 Å². The Morgan fingerprint density at radius 1 is 1.39 bits per heavy atom. The SMILES string of the molecule is C#CCNCC(=O)C1CCOC2(CCCCC2)C1. The Balaban J connectivity index is 1.86. The number of nitrogens with one attached hydrogen (secondary N) is 1. The molecule has 0 aromatic carbocycles. The number of terminal acetylenes is 1. The molecular weight excluding hydrogens is 226 g/mol. The number of ether oxygens (including phenoxy) is 1. The molecule has 1 saturated heterocycles. The fraction of sp³-hybridized carbons (Fsp3) is 0.800. The van der Waals surface area contributed by atoms with Crippen molar-refractivity contribution in [2.24, 2.45) is 5.92 Å². The molecule has 1 unspecified atom stereocenters. The van der Waals surface area contributed by atoms with E-state index in [0.29, 0.717) is 18.9 Å². The van der Waals surface area contributed by atoms with Crippen molar-refractivity contribution in [1.82, 2.24) is 5.32 Å². The summed E-state index contributed by atoms with van der Waals surface area (Å²) in [5.41, 5.74) is 0.0168. The molecule has 2 rings (SSSR count). The van der Waals surface area contributed by atoms with Crippen molar-refractivity contribution in [2.45, 2.75) is 50.5 Å².